The van der Waals surface area contributed by atoms with Gasteiger partial charge in [0.1, 0.15) is 0 Å². The van der Waals surface area contributed by atoms with Crippen LogP contribution in [0.2, 0.25) is 0 Å². The molecule has 0 aromatic heterocycles. The van der Waals surface area contributed by atoms with E-state index in [-0.39, 0.29) is 5.97 Å². The molecule has 1 rings (SSSR count). The Morgan fingerprint density at radius 1 is 1.17 bits per heavy atom. The third kappa shape index (κ3) is 7.63. The van der Waals surface area contributed by atoms with Crippen molar-refractivity contribution < 1.29 is 19.0 Å². The molecular weight excluding hydrogens is 234 g/mol. The third-order valence-electron chi connectivity index (χ3n) is 3.04. The van der Waals surface area contributed by atoms with Crippen LogP contribution in [0.4, 0.5) is 0 Å². The Balaban J connectivity index is 1.90. The van der Waals surface area contributed by atoms with Crippen molar-refractivity contribution in [3.05, 3.63) is 0 Å². The molecule has 1 saturated heterocycles. The molecular formula is C13H25NO4. The van der Waals surface area contributed by atoms with Crippen LogP contribution in [0.3, 0.4) is 0 Å². The number of ether oxygens (including phenoxy) is 3. The molecule has 0 atom stereocenters. The highest BCUT2D eigenvalue weighted by Crippen LogP contribution is 2.16. The maximum absolute atomic E-state index is 11.5. The monoisotopic (exact) mass is 259 g/mol. The van der Waals surface area contributed by atoms with E-state index in [2.05, 4.69) is 5.32 Å². The minimum absolute atomic E-state index is 0.0706. The van der Waals surface area contributed by atoms with Crippen molar-refractivity contribution in [2.24, 2.45) is 5.92 Å². The fraction of sp³-hybridized carbons (Fsp3) is 0.923. The summed E-state index contributed by atoms with van der Waals surface area (Å²) in [6, 6.07) is 0. The van der Waals surface area contributed by atoms with Crippen molar-refractivity contribution in [1.82, 2.24) is 5.32 Å². The maximum Gasteiger partial charge on any atom is 0.306 e. The van der Waals surface area contributed by atoms with Gasteiger partial charge in [-0.15, -0.1) is 0 Å². The van der Waals surface area contributed by atoms with Gasteiger partial charge in [0.2, 0.25) is 0 Å². The van der Waals surface area contributed by atoms with Gasteiger partial charge >= 0.3 is 5.97 Å². The molecule has 5 heteroatoms. The molecule has 18 heavy (non-hydrogen) atoms. The smallest absolute Gasteiger partial charge is 0.306 e. The predicted octanol–water partition coefficient (Wildman–Crippen LogP) is 0.972. The summed E-state index contributed by atoms with van der Waals surface area (Å²) in [5, 5.41) is 3.29. The van der Waals surface area contributed by atoms with E-state index in [9.17, 15) is 4.79 Å². The first-order chi connectivity index (χ1) is 8.83. The van der Waals surface area contributed by atoms with E-state index in [0.717, 1.165) is 32.4 Å². The standard InChI is InChI=1S/C13H25NO4/c1-16-9-10-17-7-2-8-18-13(15)11-12-3-5-14-6-4-12/h12,14H,2-11H2,1H3. The van der Waals surface area contributed by atoms with Gasteiger partial charge in [0.25, 0.3) is 0 Å². The first-order valence-corrected chi connectivity index (χ1v) is 6.76. The number of carbonyl (C=O) groups excluding carboxylic acids is 1. The highest BCUT2D eigenvalue weighted by atomic mass is 16.5. The van der Waals surface area contributed by atoms with Crippen LogP contribution < -0.4 is 5.32 Å². The van der Waals surface area contributed by atoms with E-state index < -0.39 is 0 Å². The summed E-state index contributed by atoms with van der Waals surface area (Å²) < 4.78 is 15.3. The second-order valence-electron chi connectivity index (χ2n) is 4.58. The van der Waals surface area contributed by atoms with Gasteiger partial charge in [-0.05, 0) is 31.8 Å². The minimum atomic E-state index is -0.0706. The third-order valence-corrected chi connectivity index (χ3v) is 3.04. The molecule has 0 aromatic carbocycles. The van der Waals surface area contributed by atoms with Gasteiger partial charge in [-0.3, -0.25) is 4.79 Å². The zero-order valence-electron chi connectivity index (χ0n) is 11.3. The Bertz CT molecular complexity index is 217. The molecule has 0 saturated carbocycles. The van der Waals surface area contributed by atoms with Crippen molar-refractivity contribution in [3.8, 4) is 0 Å². The molecule has 0 bridgehead atoms. The summed E-state index contributed by atoms with van der Waals surface area (Å²) in [5.74, 6) is 0.426. The zero-order valence-corrected chi connectivity index (χ0v) is 11.3. The van der Waals surface area contributed by atoms with Crippen LogP contribution in [-0.2, 0) is 19.0 Å². The topological polar surface area (TPSA) is 56.8 Å². The molecule has 1 aliphatic rings. The molecule has 5 nitrogen and oxygen atoms in total. The first-order valence-electron chi connectivity index (χ1n) is 6.76. The molecule has 1 fully saturated rings. The molecule has 0 aliphatic carbocycles. The first kappa shape index (κ1) is 15.4. The van der Waals surface area contributed by atoms with Crippen molar-refractivity contribution in [2.45, 2.75) is 25.7 Å². The lowest BCUT2D eigenvalue weighted by molar-refractivity contribution is -0.145. The summed E-state index contributed by atoms with van der Waals surface area (Å²) in [5.41, 5.74) is 0. The Kier molecular flexibility index (Phi) is 8.81. The Morgan fingerprint density at radius 3 is 2.67 bits per heavy atom. The molecule has 0 aromatic rings. The largest absolute Gasteiger partial charge is 0.466 e. The zero-order chi connectivity index (χ0) is 13.1. The van der Waals surface area contributed by atoms with E-state index in [1.54, 1.807) is 7.11 Å². The van der Waals surface area contributed by atoms with E-state index in [4.69, 9.17) is 14.2 Å². The summed E-state index contributed by atoms with van der Waals surface area (Å²) in [6.45, 7) is 4.31. The normalized spacial score (nSPS) is 16.7. The average molecular weight is 259 g/mol. The van der Waals surface area contributed by atoms with Gasteiger partial charge in [0, 0.05) is 26.6 Å². The summed E-state index contributed by atoms with van der Waals surface area (Å²) in [6.07, 6.45) is 3.47. The fourth-order valence-corrected chi connectivity index (χ4v) is 1.97. The number of hydrogen-bond acceptors (Lipinski definition) is 5. The van der Waals surface area contributed by atoms with Gasteiger partial charge in [0.15, 0.2) is 0 Å². The highest BCUT2D eigenvalue weighted by Gasteiger charge is 2.17. The second-order valence-corrected chi connectivity index (χ2v) is 4.58. The lowest BCUT2D eigenvalue weighted by Crippen LogP contribution is -2.29. The lowest BCUT2D eigenvalue weighted by Gasteiger charge is -2.21. The van der Waals surface area contributed by atoms with Crippen LogP contribution in [0, 0.1) is 5.92 Å². The molecule has 1 N–H and O–H groups in total. The van der Waals surface area contributed by atoms with Crippen molar-refractivity contribution >= 4 is 5.97 Å². The molecule has 0 spiro atoms. The minimum Gasteiger partial charge on any atom is -0.466 e. The Labute approximate surface area is 109 Å². The molecule has 1 heterocycles. The van der Waals surface area contributed by atoms with Crippen LogP contribution in [0.15, 0.2) is 0 Å². The summed E-state index contributed by atoms with van der Waals surface area (Å²) in [4.78, 5) is 11.5. The van der Waals surface area contributed by atoms with Crippen LogP contribution in [-0.4, -0.2) is 52.6 Å². The fourth-order valence-electron chi connectivity index (χ4n) is 1.97. The number of piperidine rings is 1. The second kappa shape index (κ2) is 10.3. The maximum atomic E-state index is 11.5. The van der Waals surface area contributed by atoms with Crippen LogP contribution in [0.25, 0.3) is 0 Å². The van der Waals surface area contributed by atoms with Gasteiger partial charge in [-0.2, -0.15) is 0 Å². The van der Waals surface area contributed by atoms with Gasteiger partial charge in [0.05, 0.1) is 19.8 Å². The highest BCUT2D eigenvalue weighted by molar-refractivity contribution is 5.69. The molecule has 0 unspecified atom stereocenters. The van der Waals surface area contributed by atoms with Gasteiger partial charge < -0.3 is 19.5 Å². The van der Waals surface area contributed by atoms with Gasteiger partial charge in [-0.25, -0.2) is 0 Å². The van der Waals surface area contributed by atoms with Crippen molar-refractivity contribution in [3.63, 3.8) is 0 Å². The van der Waals surface area contributed by atoms with E-state index in [1.807, 2.05) is 0 Å². The Morgan fingerprint density at radius 2 is 1.94 bits per heavy atom. The van der Waals surface area contributed by atoms with Crippen molar-refractivity contribution in [1.29, 1.82) is 0 Å². The van der Waals surface area contributed by atoms with Crippen molar-refractivity contribution in [2.75, 3.05) is 46.6 Å². The van der Waals surface area contributed by atoms with Crippen LogP contribution in [0.1, 0.15) is 25.7 Å². The summed E-state index contributed by atoms with van der Waals surface area (Å²) in [7, 11) is 1.64. The molecule has 106 valence electrons. The quantitative estimate of drug-likeness (QED) is 0.494. The number of methoxy groups -OCH3 is 1. The molecule has 0 radical (unpaired) electrons. The van der Waals surface area contributed by atoms with Crippen LogP contribution >= 0.6 is 0 Å². The number of carbonyl (C=O) groups is 1. The molecule has 1 aliphatic heterocycles. The Hall–Kier alpha value is -0.650. The number of nitrogens with one attached hydrogen (secondary N) is 1. The number of rotatable bonds is 9. The predicted molar refractivity (Wildman–Crippen MR) is 68.5 cm³/mol. The lowest BCUT2D eigenvalue weighted by atomic mass is 9.95. The van der Waals surface area contributed by atoms with Crippen LogP contribution in [0.5, 0.6) is 0 Å². The average Bonchev–Trinajstić information content (AvgIpc) is 2.39. The number of esters is 1. The summed E-state index contributed by atoms with van der Waals surface area (Å²) >= 11 is 0. The van der Waals surface area contributed by atoms with E-state index in [1.165, 1.54) is 0 Å². The van der Waals surface area contributed by atoms with E-state index >= 15 is 0 Å². The SMILES string of the molecule is COCCOCCCOC(=O)CC1CCNCC1. The van der Waals surface area contributed by atoms with E-state index in [0.29, 0.717) is 38.8 Å². The molecule has 0 amide bonds. The number of hydrogen-bond donors (Lipinski definition) is 1. The van der Waals surface area contributed by atoms with Gasteiger partial charge in [-0.1, -0.05) is 0 Å².